The zero-order valence-electron chi connectivity index (χ0n) is 16.9. The van der Waals surface area contributed by atoms with Crippen LogP contribution < -0.4 is 11.1 Å². The molecule has 1 aliphatic heterocycles. The molecule has 0 atom stereocenters. The van der Waals surface area contributed by atoms with Gasteiger partial charge < -0.3 is 11.1 Å². The molecule has 0 radical (unpaired) electrons. The number of hydrogen-bond acceptors (Lipinski definition) is 6. The molecule has 4 rings (SSSR count). The maximum Gasteiger partial charge on any atom is 0.267 e. The number of anilines is 2. The number of piperidine rings is 1. The molecule has 0 unspecified atom stereocenters. The average Bonchev–Trinajstić information content (AvgIpc) is 3.05. The predicted octanol–water partition coefficient (Wildman–Crippen LogP) is 3.92. The molecule has 30 heavy (non-hydrogen) atoms. The van der Waals surface area contributed by atoms with Gasteiger partial charge in [-0.05, 0) is 62.6 Å². The quantitative estimate of drug-likeness (QED) is 0.634. The highest BCUT2D eigenvalue weighted by Gasteiger charge is 2.26. The summed E-state index contributed by atoms with van der Waals surface area (Å²) in [5, 5.41) is 3.61. The lowest BCUT2D eigenvalue weighted by molar-refractivity contribution is 0.103. The van der Waals surface area contributed by atoms with Gasteiger partial charge in [0.2, 0.25) is 10.0 Å². The fraction of sp³-hybridized carbons (Fsp3) is 0.333. The minimum atomic E-state index is -3.50. The molecule has 3 aromatic rings. The van der Waals surface area contributed by atoms with Gasteiger partial charge in [0.25, 0.3) is 5.91 Å². The number of hydrogen-bond donors (Lipinski definition) is 2. The minimum Gasteiger partial charge on any atom is -0.397 e. The first-order chi connectivity index (χ1) is 14.3. The van der Waals surface area contributed by atoms with Gasteiger partial charge in [0.1, 0.15) is 9.71 Å². The van der Waals surface area contributed by atoms with Crippen molar-refractivity contribution in [3.63, 3.8) is 0 Å². The van der Waals surface area contributed by atoms with E-state index in [0.29, 0.717) is 29.3 Å². The number of benzene rings is 1. The first kappa shape index (κ1) is 20.8. The Morgan fingerprint density at radius 3 is 2.47 bits per heavy atom. The van der Waals surface area contributed by atoms with Crippen LogP contribution >= 0.6 is 11.3 Å². The van der Waals surface area contributed by atoms with Crippen LogP contribution in [0.1, 0.15) is 40.2 Å². The Kier molecular flexibility index (Phi) is 5.52. The van der Waals surface area contributed by atoms with E-state index < -0.39 is 10.0 Å². The number of pyridine rings is 1. The zero-order chi connectivity index (χ0) is 21.5. The number of rotatable bonds is 4. The number of fused-ring (bicyclic) bond motifs is 1. The van der Waals surface area contributed by atoms with E-state index >= 15 is 0 Å². The van der Waals surface area contributed by atoms with E-state index in [1.54, 1.807) is 12.1 Å². The van der Waals surface area contributed by atoms with E-state index in [9.17, 15) is 13.2 Å². The number of aromatic nitrogens is 1. The van der Waals surface area contributed by atoms with Crippen LogP contribution in [0.5, 0.6) is 0 Å². The van der Waals surface area contributed by atoms with Crippen molar-refractivity contribution < 1.29 is 13.2 Å². The smallest absolute Gasteiger partial charge is 0.267 e. The summed E-state index contributed by atoms with van der Waals surface area (Å²) < 4.78 is 27.1. The summed E-state index contributed by atoms with van der Waals surface area (Å²) >= 11 is 1.26. The Balaban J connectivity index is 1.55. The van der Waals surface area contributed by atoms with E-state index in [-0.39, 0.29) is 10.8 Å². The summed E-state index contributed by atoms with van der Waals surface area (Å²) in [5.41, 5.74) is 9.02. The van der Waals surface area contributed by atoms with Crippen molar-refractivity contribution in [2.24, 2.45) is 0 Å². The van der Waals surface area contributed by atoms with Gasteiger partial charge in [-0.2, -0.15) is 4.31 Å². The number of nitrogens with one attached hydrogen (secondary N) is 1. The van der Waals surface area contributed by atoms with E-state index in [0.717, 1.165) is 40.7 Å². The molecule has 2 aromatic heterocycles. The summed E-state index contributed by atoms with van der Waals surface area (Å²) in [5.74, 6) is -0.334. The van der Waals surface area contributed by atoms with Gasteiger partial charge >= 0.3 is 0 Å². The van der Waals surface area contributed by atoms with Crippen LogP contribution in [0, 0.1) is 13.8 Å². The van der Waals surface area contributed by atoms with Gasteiger partial charge in [-0.1, -0.05) is 6.42 Å². The predicted molar refractivity (Wildman–Crippen MR) is 121 cm³/mol. The first-order valence-electron chi connectivity index (χ1n) is 9.85. The highest BCUT2D eigenvalue weighted by Crippen LogP contribution is 2.35. The van der Waals surface area contributed by atoms with Crippen LogP contribution in [-0.4, -0.2) is 36.7 Å². The van der Waals surface area contributed by atoms with Crippen LogP contribution in [0.3, 0.4) is 0 Å². The summed E-state index contributed by atoms with van der Waals surface area (Å²) in [7, 11) is -3.50. The first-order valence-corrected chi connectivity index (χ1v) is 12.1. The standard InChI is InChI=1S/C21H24N4O3S2/c1-13-12-14(2)23-21-17(13)18(22)19(29-21)20(26)24-15-6-8-16(9-7-15)30(27,28)25-10-4-3-5-11-25/h6-9,12H,3-5,10-11,22H2,1-2H3,(H,24,26). The number of nitrogens with two attached hydrogens (primary N) is 1. The summed E-state index contributed by atoms with van der Waals surface area (Å²) in [4.78, 5) is 18.6. The molecule has 0 aliphatic carbocycles. The Bertz CT molecular complexity index is 1210. The van der Waals surface area contributed by atoms with Gasteiger partial charge in [0.05, 0.1) is 10.6 Å². The second-order valence-corrected chi connectivity index (χ2v) is 10.5. The highest BCUT2D eigenvalue weighted by atomic mass is 32.2. The number of carbonyl (C=O) groups is 1. The molecule has 1 amide bonds. The van der Waals surface area contributed by atoms with E-state index in [4.69, 9.17) is 5.73 Å². The van der Waals surface area contributed by atoms with Crippen molar-refractivity contribution in [1.29, 1.82) is 0 Å². The number of nitrogens with zero attached hydrogens (tertiary/aromatic N) is 2. The van der Waals surface area contributed by atoms with Gasteiger partial charge in [-0.25, -0.2) is 13.4 Å². The Morgan fingerprint density at radius 1 is 1.13 bits per heavy atom. The minimum absolute atomic E-state index is 0.235. The molecule has 158 valence electrons. The summed E-state index contributed by atoms with van der Waals surface area (Å²) in [6.45, 7) is 4.96. The molecule has 3 heterocycles. The highest BCUT2D eigenvalue weighted by molar-refractivity contribution is 7.89. The second-order valence-electron chi connectivity index (χ2n) is 7.55. The van der Waals surface area contributed by atoms with Gasteiger partial charge in [-0.15, -0.1) is 11.3 Å². The lowest BCUT2D eigenvalue weighted by Crippen LogP contribution is -2.35. The number of thiophene rings is 1. The number of amides is 1. The van der Waals surface area contributed by atoms with E-state index in [2.05, 4.69) is 10.3 Å². The molecular weight excluding hydrogens is 420 g/mol. The van der Waals surface area contributed by atoms with Crippen molar-refractivity contribution in [2.75, 3.05) is 24.1 Å². The lowest BCUT2D eigenvalue weighted by Gasteiger charge is -2.25. The normalized spacial score (nSPS) is 15.4. The largest absolute Gasteiger partial charge is 0.397 e. The topological polar surface area (TPSA) is 105 Å². The SMILES string of the molecule is Cc1cc(C)c2c(N)c(C(=O)Nc3ccc(S(=O)(=O)N4CCCCC4)cc3)sc2n1. The number of carbonyl (C=O) groups excluding carboxylic acids is 1. The van der Waals surface area contributed by atoms with Crippen LogP contribution in [0.25, 0.3) is 10.2 Å². The molecule has 0 bridgehead atoms. The van der Waals surface area contributed by atoms with Crippen LogP contribution in [-0.2, 0) is 10.0 Å². The molecule has 0 spiro atoms. The van der Waals surface area contributed by atoms with Crippen LogP contribution in [0.4, 0.5) is 11.4 Å². The van der Waals surface area contributed by atoms with Gasteiger partial charge in [-0.3, -0.25) is 4.79 Å². The number of nitrogen functional groups attached to an aromatic ring is 1. The Labute approximate surface area is 180 Å². The third-order valence-electron chi connectivity index (χ3n) is 5.30. The third kappa shape index (κ3) is 3.80. The van der Waals surface area contributed by atoms with Crippen LogP contribution in [0.15, 0.2) is 35.2 Å². The molecule has 1 aromatic carbocycles. The van der Waals surface area contributed by atoms with E-state index in [1.807, 2.05) is 19.9 Å². The fourth-order valence-corrected chi connectivity index (χ4v) is 6.42. The summed E-state index contributed by atoms with van der Waals surface area (Å²) in [6, 6.07) is 8.21. The number of aryl methyl sites for hydroxylation is 2. The van der Waals surface area contributed by atoms with Gasteiger partial charge in [0.15, 0.2) is 0 Å². The summed E-state index contributed by atoms with van der Waals surface area (Å²) in [6.07, 6.45) is 2.84. The molecule has 7 nitrogen and oxygen atoms in total. The maximum absolute atomic E-state index is 12.8. The molecule has 1 saturated heterocycles. The Morgan fingerprint density at radius 2 is 1.80 bits per heavy atom. The monoisotopic (exact) mass is 444 g/mol. The molecule has 1 aliphatic rings. The molecular formula is C21H24N4O3S2. The van der Waals surface area contributed by atoms with Gasteiger partial charge in [0, 0.05) is 29.9 Å². The van der Waals surface area contributed by atoms with Crippen molar-refractivity contribution in [1.82, 2.24) is 9.29 Å². The third-order valence-corrected chi connectivity index (χ3v) is 8.31. The van der Waals surface area contributed by atoms with Crippen LogP contribution in [0.2, 0.25) is 0 Å². The molecule has 3 N–H and O–H groups in total. The van der Waals surface area contributed by atoms with Crippen molar-refractivity contribution in [2.45, 2.75) is 38.0 Å². The fourth-order valence-electron chi connectivity index (χ4n) is 3.79. The molecule has 1 fully saturated rings. The van der Waals surface area contributed by atoms with Crippen molar-refractivity contribution >= 4 is 48.9 Å². The lowest BCUT2D eigenvalue weighted by atomic mass is 10.1. The second kappa shape index (κ2) is 7.98. The van der Waals surface area contributed by atoms with E-state index in [1.165, 1.54) is 27.8 Å². The Hall–Kier alpha value is -2.49. The van der Waals surface area contributed by atoms with Crippen molar-refractivity contribution in [3.05, 3.63) is 46.5 Å². The average molecular weight is 445 g/mol. The number of sulfonamides is 1. The maximum atomic E-state index is 12.8. The molecule has 0 saturated carbocycles. The van der Waals surface area contributed by atoms with Crippen molar-refractivity contribution in [3.8, 4) is 0 Å². The molecule has 9 heteroatoms. The zero-order valence-corrected chi connectivity index (χ0v) is 18.6.